The van der Waals surface area contributed by atoms with Crippen LogP contribution in [0.15, 0.2) is 23.1 Å². The first-order valence-electron chi connectivity index (χ1n) is 7.13. The van der Waals surface area contributed by atoms with Gasteiger partial charge in [-0.15, -0.1) is 0 Å². The summed E-state index contributed by atoms with van der Waals surface area (Å²) >= 11 is 0. The van der Waals surface area contributed by atoms with Gasteiger partial charge in [-0.05, 0) is 38.0 Å². The Balaban J connectivity index is 3.08. The Morgan fingerprint density at radius 1 is 1.29 bits per heavy atom. The summed E-state index contributed by atoms with van der Waals surface area (Å²) < 4.78 is 41.1. The molecule has 0 saturated carbocycles. The van der Waals surface area contributed by atoms with E-state index in [1.54, 1.807) is 19.9 Å². The quantitative estimate of drug-likeness (QED) is 0.813. The van der Waals surface area contributed by atoms with Gasteiger partial charge < -0.3 is 5.32 Å². The molecule has 2 N–H and O–H groups in total. The van der Waals surface area contributed by atoms with Gasteiger partial charge in [0.1, 0.15) is 10.7 Å². The minimum absolute atomic E-state index is 0.271. The molecule has 1 aromatic rings. The van der Waals surface area contributed by atoms with Crippen LogP contribution in [-0.2, 0) is 16.6 Å². The number of sulfonamides is 1. The van der Waals surface area contributed by atoms with Crippen LogP contribution in [0.1, 0.15) is 46.6 Å². The van der Waals surface area contributed by atoms with Gasteiger partial charge in [-0.3, -0.25) is 0 Å². The fourth-order valence-electron chi connectivity index (χ4n) is 1.68. The van der Waals surface area contributed by atoms with Crippen molar-refractivity contribution in [1.82, 2.24) is 10.0 Å². The van der Waals surface area contributed by atoms with Crippen LogP contribution in [0, 0.1) is 5.82 Å². The van der Waals surface area contributed by atoms with E-state index in [9.17, 15) is 12.8 Å². The monoisotopic (exact) mass is 316 g/mol. The van der Waals surface area contributed by atoms with Crippen LogP contribution in [0.4, 0.5) is 4.39 Å². The first-order valence-corrected chi connectivity index (χ1v) is 8.61. The summed E-state index contributed by atoms with van der Waals surface area (Å²) in [5.41, 5.74) is 0.122. The molecule has 21 heavy (non-hydrogen) atoms. The highest BCUT2D eigenvalue weighted by Gasteiger charge is 2.27. The Morgan fingerprint density at radius 3 is 2.43 bits per heavy atom. The van der Waals surface area contributed by atoms with Gasteiger partial charge in [-0.1, -0.05) is 26.8 Å². The lowest BCUT2D eigenvalue weighted by Crippen LogP contribution is -2.43. The van der Waals surface area contributed by atoms with Crippen molar-refractivity contribution in [2.24, 2.45) is 0 Å². The SMILES string of the molecule is CCC(C)(C)NS(=O)(=O)c1cc(CNC(C)C)ccc1F. The molecule has 0 bridgehead atoms. The maximum Gasteiger partial charge on any atom is 0.243 e. The number of hydrogen-bond acceptors (Lipinski definition) is 3. The van der Waals surface area contributed by atoms with E-state index in [2.05, 4.69) is 10.0 Å². The normalized spacial score (nSPS) is 12.9. The molecule has 0 radical (unpaired) electrons. The lowest BCUT2D eigenvalue weighted by atomic mass is 10.0. The molecule has 4 nitrogen and oxygen atoms in total. The Bertz CT molecular complexity index is 583. The van der Waals surface area contributed by atoms with Gasteiger partial charge in [0.25, 0.3) is 0 Å². The lowest BCUT2D eigenvalue weighted by Gasteiger charge is -2.24. The van der Waals surface area contributed by atoms with Gasteiger partial charge in [0.05, 0.1) is 0 Å². The third-order valence-corrected chi connectivity index (χ3v) is 5.01. The highest BCUT2D eigenvalue weighted by molar-refractivity contribution is 7.89. The largest absolute Gasteiger partial charge is 0.310 e. The van der Waals surface area contributed by atoms with Crippen molar-refractivity contribution in [3.8, 4) is 0 Å². The van der Waals surface area contributed by atoms with Crippen LogP contribution in [0.2, 0.25) is 0 Å². The smallest absolute Gasteiger partial charge is 0.243 e. The van der Waals surface area contributed by atoms with E-state index in [0.717, 1.165) is 5.56 Å². The van der Waals surface area contributed by atoms with Gasteiger partial charge in [0.2, 0.25) is 10.0 Å². The zero-order valence-corrected chi connectivity index (χ0v) is 14.1. The zero-order valence-electron chi connectivity index (χ0n) is 13.3. The molecule has 1 rings (SSSR count). The van der Waals surface area contributed by atoms with E-state index in [0.29, 0.717) is 13.0 Å². The maximum absolute atomic E-state index is 13.9. The van der Waals surface area contributed by atoms with E-state index in [1.165, 1.54) is 12.1 Å². The first-order chi connectivity index (χ1) is 9.57. The van der Waals surface area contributed by atoms with Crippen LogP contribution >= 0.6 is 0 Å². The van der Waals surface area contributed by atoms with E-state index in [1.807, 2.05) is 20.8 Å². The average Bonchev–Trinajstić information content (AvgIpc) is 2.36. The van der Waals surface area contributed by atoms with Crippen molar-refractivity contribution in [3.05, 3.63) is 29.6 Å². The van der Waals surface area contributed by atoms with Crippen molar-refractivity contribution < 1.29 is 12.8 Å². The first kappa shape index (κ1) is 18.1. The molecule has 0 heterocycles. The number of benzene rings is 1. The zero-order chi connectivity index (χ0) is 16.3. The number of halogens is 1. The second-order valence-corrected chi connectivity index (χ2v) is 7.79. The second-order valence-electron chi connectivity index (χ2n) is 6.14. The van der Waals surface area contributed by atoms with Crippen molar-refractivity contribution in [3.63, 3.8) is 0 Å². The summed E-state index contributed by atoms with van der Waals surface area (Å²) in [6.07, 6.45) is 0.614. The van der Waals surface area contributed by atoms with Gasteiger partial charge in [-0.2, -0.15) is 0 Å². The molecule has 0 spiro atoms. The number of hydrogen-bond donors (Lipinski definition) is 2. The van der Waals surface area contributed by atoms with Gasteiger partial charge in [0, 0.05) is 18.1 Å². The minimum Gasteiger partial charge on any atom is -0.310 e. The third kappa shape index (κ3) is 5.37. The summed E-state index contributed by atoms with van der Waals surface area (Å²) in [6.45, 7) is 9.90. The molecule has 6 heteroatoms. The van der Waals surface area contributed by atoms with E-state index in [-0.39, 0.29) is 10.9 Å². The standard InChI is InChI=1S/C15H25FN2O2S/c1-6-15(4,5)18-21(19,20)14-9-12(7-8-13(14)16)10-17-11(2)3/h7-9,11,17-18H,6,10H2,1-5H3. The predicted molar refractivity (Wildman–Crippen MR) is 83.1 cm³/mol. The molecular weight excluding hydrogens is 291 g/mol. The molecule has 0 aliphatic carbocycles. The van der Waals surface area contributed by atoms with E-state index in [4.69, 9.17) is 0 Å². The van der Waals surface area contributed by atoms with Crippen LogP contribution in [0.3, 0.4) is 0 Å². The molecule has 0 aliphatic rings. The topological polar surface area (TPSA) is 58.2 Å². The summed E-state index contributed by atoms with van der Waals surface area (Å²) in [4.78, 5) is -0.299. The fourth-order valence-corrected chi connectivity index (χ4v) is 3.29. The highest BCUT2D eigenvalue weighted by atomic mass is 32.2. The maximum atomic E-state index is 13.9. The molecule has 120 valence electrons. The summed E-state index contributed by atoms with van der Waals surface area (Å²) in [5, 5.41) is 3.18. The molecule has 0 fully saturated rings. The lowest BCUT2D eigenvalue weighted by molar-refractivity contribution is 0.437. The minimum atomic E-state index is -3.87. The Hall–Kier alpha value is -0.980. The van der Waals surface area contributed by atoms with E-state index >= 15 is 0 Å². The van der Waals surface area contributed by atoms with Gasteiger partial charge in [0.15, 0.2) is 0 Å². The molecular formula is C15H25FN2O2S. The Kier molecular flexibility index (Phi) is 5.90. The summed E-state index contributed by atoms with van der Waals surface area (Å²) in [7, 11) is -3.87. The molecule has 0 aromatic heterocycles. The highest BCUT2D eigenvalue weighted by Crippen LogP contribution is 2.20. The predicted octanol–water partition coefficient (Wildman–Crippen LogP) is 2.79. The van der Waals surface area contributed by atoms with Crippen molar-refractivity contribution in [2.75, 3.05) is 0 Å². The Morgan fingerprint density at radius 2 is 1.90 bits per heavy atom. The second kappa shape index (κ2) is 6.85. The molecule has 0 atom stereocenters. The van der Waals surface area contributed by atoms with E-state index < -0.39 is 21.4 Å². The van der Waals surface area contributed by atoms with Crippen LogP contribution in [-0.4, -0.2) is 20.0 Å². The van der Waals surface area contributed by atoms with Gasteiger partial charge >= 0.3 is 0 Å². The molecule has 0 aliphatic heterocycles. The van der Waals surface area contributed by atoms with Crippen LogP contribution in [0.25, 0.3) is 0 Å². The molecule has 0 unspecified atom stereocenters. The van der Waals surface area contributed by atoms with Crippen molar-refractivity contribution in [1.29, 1.82) is 0 Å². The van der Waals surface area contributed by atoms with Crippen molar-refractivity contribution in [2.45, 2.75) is 64.1 Å². The third-order valence-electron chi connectivity index (χ3n) is 3.29. The number of rotatable bonds is 7. The van der Waals surface area contributed by atoms with Gasteiger partial charge in [-0.25, -0.2) is 17.5 Å². The summed E-state index contributed by atoms with van der Waals surface area (Å²) in [5.74, 6) is -0.734. The molecule has 0 saturated heterocycles. The van der Waals surface area contributed by atoms with Crippen LogP contribution < -0.4 is 10.0 Å². The summed E-state index contributed by atoms with van der Waals surface area (Å²) in [6, 6.07) is 4.45. The number of nitrogens with one attached hydrogen (secondary N) is 2. The van der Waals surface area contributed by atoms with Crippen molar-refractivity contribution >= 4 is 10.0 Å². The molecule has 1 aromatic carbocycles. The Labute approximate surface area is 127 Å². The van der Waals surface area contributed by atoms with Crippen LogP contribution in [0.5, 0.6) is 0 Å². The molecule has 0 amide bonds. The fraction of sp³-hybridized carbons (Fsp3) is 0.600. The average molecular weight is 316 g/mol.